The Morgan fingerprint density at radius 3 is 1.04 bits per heavy atom. The molecule has 0 amide bonds. The number of carbonyl (C=O) groups is 1. The Morgan fingerprint density at radius 1 is 0.426 bits per heavy atom. The average molecular weight is 687 g/mol. The first-order valence-corrected chi connectivity index (χ1v) is 24.1. The molecule has 0 radical (unpaired) electrons. The van der Waals surface area contributed by atoms with Gasteiger partial charge in [-0.2, -0.15) is 0 Å². The van der Waals surface area contributed by atoms with Crippen LogP contribution in [0, 0.1) is 0 Å². The molecule has 0 rings (SSSR count). The molecule has 0 aliphatic carbocycles. The fraction of sp³-hybridized carbons (Fsp3) is 0.976. The predicted octanol–water partition coefficient (Wildman–Crippen LogP) is 13.5. The van der Waals surface area contributed by atoms with Crippen molar-refractivity contribution in [3.05, 3.63) is 0 Å². The van der Waals surface area contributed by atoms with Crippen molar-refractivity contribution < 1.29 is 19.5 Å². The number of hydrogen-bond donors (Lipinski definition) is 2. The minimum atomic E-state index is -2.09. The first-order chi connectivity index (χ1) is 22.9. The fourth-order valence-electron chi connectivity index (χ4n) is 7.17. The van der Waals surface area contributed by atoms with Crippen LogP contribution in [0.15, 0.2) is 0 Å². The van der Waals surface area contributed by atoms with Crippen molar-refractivity contribution in [3.8, 4) is 0 Å². The van der Waals surface area contributed by atoms with E-state index < -0.39 is 19.7 Å². The second-order valence-electron chi connectivity index (χ2n) is 15.2. The molecular weight excluding hydrogens is 599 g/mol. The Balaban J connectivity index is 4.72. The standard InChI is InChI=1S/C42H87O4P/c1-5-9-13-17-22-28-34-40(43)41(44)35-29-23-21-24-30-36-42(45)46-47(37-31-25-18-14-10-6-2,38-32-26-19-15-11-7-3)39-33-27-20-16-12-8-4/h40-41,43-44,47H,5-39H2,1-4H3. The van der Waals surface area contributed by atoms with Crippen molar-refractivity contribution in [1.82, 2.24) is 0 Å². The third kappa shape index (κ3) is 30.4. The summed E-state index contributed by atoms with van der Waals surface area (Å²) in [4.78, 5) is 13.3. The molecule has 0 aromatic carbocycles. The van der Waals surface area contributed by atoms with Crippen LogP contribution in [0.2, 0.25) is 0 Å². The number of unbranched alkanes of at least 4 members (excludes halogenated alkanes) is 24. The van der Waals surface area contributed by atoms with E-state index in [1.807, 2.05) is 0 Å². The van der Waals surface area contributed by atoms with Crippen LogP contribution in [-0.2, 0) is 9.32 Å². The Bertz CT molecular complexity index is 601. The van der Waals surface area contributed by atoms with Crippen LogP contribution in [0.5, 0.6) is 0 Å². The summed E-state index contributed by atoms with van der Waals surface area (Å²) in [6, 6.07) is 0. The number of rotatable bonds is 38. The molecule has 2 atom stereocenters. The number of aliphatic hydroxyl groups is 2. The summed E-state index contributed by atoms with van der Waals surface area (Å²) in [5.74, 6) is 0.0906. The quantitative estimate of drug-likeness (QED) is 0.0501. The zero-order chi connectivity index (χ0) is 34.7. The van der Waals surface area contributed by atoms with Gasteiger partial charge in [0.15, 0.2) is 0 Å². The monoisotopic (exact) mass is 687 g/mol. The summed E-state index contributed by atoms with van der Waals surface area (Å²) in [6.07, 6.45) is 40.2. The van der Waals surface area contributed by atoms with E-state index in [9.17, 15) is 15.0 Å². The van der Waals surface area contributed by atoms with Gasteiger partial charge in [0.05, 0.1) is 0 Å². The Labute approximate surface area is 296 Å². The van der Waals surface area contributed by atoms with Crippen molar-refractivity contribution in [2.24, 2.45) is 0 Å². The second-order valence-corrected chi connectivity index (χ2v) is 19.3. The molecule has 0 bridgehead atoms. The molecule has 0 saturated carbocycles. The summed E-state index contributed by atoms with van der Waals surface area (Å²) >= 11 is 0. The summed E-state index contributed by atoms with van der Waals surface area (Å²) in [6.45, 7) is 9.08. The Hall–Kier alpha value is -0.180. The Kier molecular flexibility index (Phi) is 35.5. The van der Waals surface area contributed by atoms with Gasteiger partial charge >= 0.3 is 251 Å². The van der Waals surface area contributed by atoms with E-state index in [4.69, 9.17) is 4.52 Å². The fourth-order valence-corrected chi connectivity index (χ4v) is 11.5. The molecular formula is C42H87O4P. The second kappa shape index (κ2) is 35.6. The summed E-state index contributed by atoms with van der Waals surface area (Å²) < 4.78 is 6.71. The molecule has 2 N–H and O–H groups in total. The van der Waals surface area contributed by atoms with Gasteiger partial charge in [0, 0.05) is 0 Å². The van der Waals surface area contributed by atoms with E-state index in [2.05, 4.69) is 27.7 Å². The predicted molar refractivity (Wildman–Crippen MR) is 211 cm³/mol. The van der Waals surface area contributed by atoms with Gasteiger partial charge in [-0.25, -0.2) is 0 Å². The zero-order valence-corrected chi connectivity index (χ0v) is 33.6. The SMILES string of the molecule is CCCCCCCCC(O)C(O)CCCCCCCC(=O)O[PH](CCCCCCCC)(CCCCCCCC)CCCCCCCC. The topological polar surface area (TPSA) is 66.8 Å². The van der Waals surface area contributed by atoms with Gasteiger partial charge in [-0.05, 0) is 0 Å². The van der Waals surface area contributed by atoms with Crippen molar-refractivity contribution in [3.63, 3.8) is 0 Å². The van der Waals surface area contributed by atoms with E-state index in [-0.39, 0.29) is 5.97 Å². The molecule has 47 heavy (non-hydrogen) atoms. The van der Waals surface area contributed by atoms with Gasteiger partial charge in [-0.3, -0.25) is 0 Å². The third-order valence-electron chi connectivity index (χ3n) is 10.5. The van der Waals surface area contributed by atoms with Crippen molar-refractivity contribution >= 4 is 13.5 Å². The maximum absolute atomic E-state index is 13.3. The maximum atomic E-state index is 13.3. The molecule has 0 aliphatic rings. The van der Waals surface area contributed by atoms with Gasteiger partial charge in [0.1, 0.15) is 0 Å². The van der Waals surface area contributed by atoms with Crippen LogP contribution in [0.4, 0.5) is 0 Å². The van der Waals surface area contributed by atoms with E-state index in [1.54, 1.807) is 0 Å². The van der Waals surface area contributed by atoms with E-state index >= 15 is 0 Å². The Morgan fingerprint density at radius 2 is 0.702 bits per heavy atom. The molecule has 0 aromatic heterocycles. The minimum absolute atomic E-state index is 0.0906. The van der Waals surface area contributed by atoms with Crippen LogP contribution in [0.25, 0.3) is 0 Å². The van der Waals surface area contributed by atoms with Crippen molar-refractivity contribution in [1.29, 1.82) is 0 Å². The zero-order valence-electron chi connectivity index (χ0n) is 32.6. The van der Waals surface area contributed by atoms with Gasteiger partial charge in [0.2, 0.25) is 0 Å². The van der Waals surface area contributed by atoms with E-state index in [1.165, 1.54) is 160 Å². The van der Waals surface area contributed by atoms with Crippen LogP contribution < -0.4 is 0 Å². The molecule has 0 saturated heterocycles. The van der Waals surface area contributed by atoms with Crippen LogP contribution in [-0.4, -0.2) is 46.9 Å². The molecule has 0 heterocycles. The molecule has 0 spiro atoms. The summed E-state index contributed by atoms with van der Waals surface area (Å²) in [7, 11) is -2.09. The van der Waals surface area contributed by atoms with E-state index in [0.717, 1.165) is 51.4 Å². The number of carbonyl (C=O) groups excluding carboxylic acids is 1. The van der Waals surface area contributed by atoms with Crippen molar-refractivity contribution in [2.45, 2.75) is 245 Å². The van der Waals surface area contributed by atoms with Crippen LogP contribution in [0.1, 0.15) is 233 Å². The van der Waals surface area contributed by atoms with Gasteiger partial charge < -0.3 is 0 Å². The summed E-state index contributed by atoms with van der Waals surface area (Å²) in [5, 5.41) is 20.7. The number of hydrogen-bond acceptors (Lipinski definition) is 4. The normalized spacial score (nSPS) is 13.6. The van der Waals surface area contributed by atoms with Gasteiger partial charge in [-0.1, -0.05) is 45.4 Å². The molecule has 0 aliphatic heterocycles. The molecule has 284 valence electrons. The number of aliphatic hydroxyl groups excluding tert-OH is 2. The van der Waals surface area contributed by atoms with Crippen molar-refractivity contribution in [2.75, 3.05) is 18.5 Å². The molecule has 4 nitrogen and oxygen atoms in total. The van der Waals surface area contributed by atoms with Crippen LogP contribution >= 0.6 is 7.49 Å². The molecule has 2 unspecified atom stereocenters. The molecule has 0 aromatic rings. The van der Waals surface area contributed by atoms with Gasteiger partial charge in [0.25, 0.3) is 0 Å². The summed E-state index contributed by atoms with van der Waals surface area (Å²) in [5.41, 5.74) is 0. The van der Waals surface area contributed by atoms with E-state index in [0.29, 0.717) is 12.8 Å². The van der Waals surface area contributed by atoms with Gasteiger partial charge in [-0.15, -0.1) is 0 Å². The average Bonchev–Trinajstić information content (AvgIpc) is 3.06. The molecule has 0 fully saturated rings. The first-order valence-electron chi connectivity index (χ1n) is 21.5. The third-order valence-corrected chi connectivity index (χ3v) is 14.9. The molecule has 5 heteroatoms. The van der Waals surface area contributed by atoms with Crippen LogP contribution in [0.3, 0.4) is 0 Å². The first kappa shape index (κ1) is 46.8.